The third-order valence-corrected chi connectivity index (χ3v) is 4.62. The molecule has 3 rings (SSSR count). The van der Waals surface area contributed by atoms with Gasteiger partial charge in [-0.3, -0.25) is 9.36 Å². The summed E-state index contributed by atoms with van der Waals surface area (Å²) in [4.78, 5) is 17.1. The van der Waals surface area contributed by atoms with E-state index < -0.39 is 0 Å². The first-order valence-electron chi connectivity index (χ1n) is 7.90. The van der Waals surface area contributed by atoms with Gasteiger partial charge in [0.05, 0.1) is 19.9 Å². The molecular formula is C19H17Cl2N3O2. The molecule has 0 amide bonds. The highest BCUT2D eigenvalue weighted by Crippen LogP contribution is 2.25. The molecule has 0 aliphatic heterocycles. The Balaban J connectivity index is 2.06. The lowest BCUT2D eigenvalue weighted by atomic mass is 10.2. The van der Waals surface area contributed by atoms with E-state index in [0.29, 0.717) is 22.5 Å². The summed E-state index contributed by atoms with van der Waals surface area (Å²) in [6.45, 7) is 2.19. The van der Waals surface area contributed by atoms with Crippen molar-refractivity contribution in [3.05, 3.63) is 80.2 Å². The molecule has 0 aliphatic rings. The zero-order chi connectivity index (χ0) is 18.7. The Bertz CT molecular complexity index is 1000. The largest absolute Gasteiger partial charge is 0.490 e. The summed E-state index contributed by atoms with van der Waals surface area (Å²) >= 11 is 12.2. The maximum absolute atomic E-state index is 12.8. The van der Waals surface area contributed by atoms with Crippen molar-refractivity contribution in [1.82, 2.24) is 9.55 Å². The quantitative estimate of drug-likeness (QED) is 0.689. The molecule has 1 heterocycles. The normalized spacial score (nSPS) is 10.6. The number of hydrogen-bond acceptors (Lipinski definition) is 4. The maximum Gasteiger partial charge on any atom is 0.297 e. The monoisotopic (exact) mass is 389 g/mol. The number of hydrogen-bond donors (Lipinski definition) is 1. The van der Waals surface area contributed by atoms with Crippen molar-refractivity contribution in [3.8, 4) is 5.75 Å². The van der Waals surface area contributed by atoms with Gasteiger partial charge in [-0.05, 0) is 42.3 Å². The highest BCUT2D eigenvalue weighted by atomic mass is 35.5. The van der Waals surface area contributed by atoms with E-state index in [0.717, 1.165) is 16.8 Å². The Morgan fingerprint density at radius 3 is 2.69 bits per heavy atom. The zero-order valence-electron chi connectivity index (χ0n) is 14.3. The molecule has 134 valence electrons. The van der Waals surface area contributed by atoms with Crippen LogP contribution in [-0.2, 0) is 6.54 Å². The van der Waals surface area contributed by atoms with Gasteiger partial charge in [-0.15, -0.1) is 0 Å². The number of nitrogens with zero attached hydrogens (tertiary/aromatic N) is 2. The van der Waals surface area contributed by atoms with Crippen molar-refractivity contribution in [2.75, 3.05) is 12.4 Å². The second kappa shape index (κ2) is 7.81. The average molecular weight is 390 g/mol. The summed E-state index contributed by atoms with van der Waals surface area (Å²) in [7, 11) is 1.44. The van der Waals surface area contributed by atoms with E-state index in [1.165, 1.54) is 17.9 Å². The van der Waals surface area contributed by atoms with Crippen LogP contribution < -0.4 is 15.6 Å². The second-order valence-electron chi connectivity index (χ2n) is 5.71. The predicted molar refractivity (Wildman–Crippen MR) is 105 cm³/mol. The minimum absolute atomic E-state index is 0.167. The van der Waals surface area contributed by atoms with Gasteiger partial charge in [-0.25, -0.2) is 4.98 Å². The van der Waals surface area contributed by atoms with Gasteiger partial charge < -0.3 is 10.1 Å². The molecule has 0 atom stereocenters. The van der Waals surface area contributed by atoms with Gasteiger partial charge in [0, 0.05) is 15.7 Å². The fourth-order valence-corrected chi connectivity index (χ4v) is 2.93. The van der Waals surface area contributed by atoms with Crippen LogP contribution in [0.1, 0.15) is 11.1 Å². The Morgan fingerprint density at radius 1 is 1.19 bits per heavy atom. The van der Waals surface area contributed by atoms with E-state index in [9.17, 15) is 4.79 Å². The van der Waals surface area contributed by atoms with Crippen molar-refractivity contribution < 1.29 is 4.74 Å². The van der Waals surface area contributed by atoms with Gasteiger partial charge >= 0.3 is 0 Å². The van der Waals surface area contributed by atoms with Crippen LogP contribution in [0.15, 0.2) is 53.5 Å². The number of methoxy groups -OCH3 is 1. The molecular weight excluding hydrogens is 373 g/mol. The molecule has 7 heteroatoms. The first kappa shape index (κ1) is 18.3. The number of halogens is 2. The molecule has 0 saturated carbocycles. The third kappa shape index (κ3) is 3.84. The van der Waals surface area contributed by atoms with Crippen molar-refractivity contribution >= 4 is 34.8 Å². The SMILES string of the molecule is COc1cnc(Nc2cccc(Cl)c2C)n(Cc2cccc(Cl)c2)c1=O. The first-order chi connectivity index (χ1) is 12.5. The van der Waals surface area contributed by atoms with E-state index >= 15 is 0 Å². The summed E-state index contributed by atoms with van der Waals surface area (Å²) in [6, 6.07) is 12.8. The van der Waals surface area contributed by atoms with E-state index in [1.54, 1.807) is 6.07 Å². The summed E-state index contributed by atoms with van der Waals surface area (Å²) in [5.74, 6) is 0.557. The molecule has 0 fully saturated rings. The van der Waals surface area contributed by atoms with Gasteiger partial charge in [0.25, 0.3) is 5.56 Å². The van der Waals surface area contributed by atoms with E-state index in [-0.39, 0.29) is 11.3 Å². The lowest BCUT2D eigenvalue weighted by molar-refractivity contribution is 0.401. The summed E-state index contributed by atoms with van der Waals surface area (Å²) in [6.07, 6.45) is 1.40. The van der Waals surface area contributed by atoms with Crippen LogP contribution in [0, 0.1) is 6.92 Å². The van der Waals surface area contributed by atoms with Crippen LogP contribution in [0.25, 0.3) is 0 Å². The standard InChI is InChI=1S/C19H17Cl2N3O2/c1-12-15(21)7-4-8-16(12)23-19-22-10-17(26-2)18(25)24(19)11-13-5-3-6-14(20)9-13/h3-10H,11H2,1-2H3,(H,22,23). The van der Waals surface area contributed by atoms with Crippen molar-refractivity contribution in [2.45, 2.75) is 13.5 Å². The molecule has 0 spiro atoms. The Kier molecular flexibility index (Phi) is 5.49. The summed E-state index contributed by atoms with van der Waals surface area (Å²) in [5.41, 5.74) is 2.23. The third-order valence-electron chi connectivity index (χ3n) is 3.98. The molecule has 0 radical (unpaired) electrons. The molecule has 3 aromatic rings. The molecule has 2 aromatic carbocycles. The minimum atomic E-state index is -0.287. The lowest BCUT2D eigenvalue weighted by Crippen LogP contribution is -2.25. The molecule has 0 aliphatic carbocycles. The summed E-state index contributed by atoms with van der Waals surface area (Å²) < 4.78 is 6.63. The number of rotatable bonds is 5. The Hall–Kier alpha value is -2.50. The molecule has 0 saturated heterocycles. The molecule has 26 heavy (non-hydrogen) atoms. The zero-order valence-corrected chi connectivity index (χ0v) is 15.8. The van der Waals surface area contributed by atoms with Crippen LogP contribution in [0.5, 0.6) is 5.75 Å². The second-order valence-corrected chi connectivity index (χ2v) is 6.55. The molecule has 0 unspecified atom stereocenters. The predicted octanol–water partition coefficient (Wildman–Crippen LogP) is 4.66. The van der Waals surface area contributed by atoms with Gasteiger partial charge in [0.15, 0.2) is 0 Å². The fraction of sp³-hybridized carbons (Fsp3) is 0.158. The van der Waals surface area contributed by atoms with Crippen LogP contribution in [0.4, 0.5) is 11.6 Å². The van der Waals surface area contributed by atoms with Gasteiger partial charge in [-0.1, -0.05) is 41.4 Å². The average Bonchev–Trinajstić information content (AvgIpc) is 2.62. The Morgan fingerprint density at radius 2 is 1.96 bits per heavy atom. The highest BCUT2D eigenvalue weighted by Gasteiger charge is 2.13. The van der Waals surface area contributed by atoms with Crippen molar-refractivity contribution in [3.63, 3.8) is 0 Å². The van der Waals surface area contributed by atoms with Crippen LogP contribution >= 0.6 is 23.2 Å². The fourth-order valence-electron chi connectivity index (χ4n) is 2.54. The van der Waals surface area contributed by atoms with Gasteiger partial charge in [-0.2, -0.15) is 0 Å². The number of nitrogens with one attached hydrogen (secondary N) is 1. The van der Waals surface area contributed by atoms with Crippen LogP contribution in [0.3, 0.4) is 0 Å². The lowest BCUT2D eigenvalue weighted by Gasteiger charge is -2.16. The topological polar surface area (TPSA) is 56.1 Å². The number of ether oxygens (including phenoxy) is 1. The Labute approximate surface area is 161 Å². The summed E-state index contributed by atoms with van der Waals surface area (Å²) in [5, 5.41) is 4.42. The maximum atomic E-state index is 12.8. The van der Waals surface area contributed by atoms with E-state index in [4.69, 9.17) is 27.9 Å². The van der Waals surface area contributed by atoms with Gasteiger partial charge in [0.2, 0.25) is 11.7 Å². The van der Waals surface area contributed by atoms with Crippen molar-refractivity contribution in [2.24, 2.45) is 0 Å². The number of anilines is 2. The van der Waals surface area contributed by atoms with Crippen molar-refractivity contribution in [1.29, 1.82) is 0 Å². The smallest absolute Gasteiger partial charge is 0.297 e. The van der Waals surface area contributed by atoms with Gasteiger partial charge in [0.1, 0.15) is 0 Å². The first-order valence-corrected chi connectivity index (χ1v) is 8.65. The van der Waals surface area contributed by atoms with E-state index in [1.807, 2.05) is 43.3 Å². The molecule has 1 aromatic heterocycles. The van der Waals surface area contributed by atoms with E-state index in [2.05, 4.69) is 10.3 Å². The molecule has 0 bridgehead atoms. The number of aromatic nitrogens is 2. The molecule has 5 nitrogen and oxygen atoms in total. The molecule has 1 N–H and O–H groups in total. The van der Waals surface area contributed by atoms with Crippen LogP contribution in [0.2, 0.25) is 10.0 Å². The van der Waals surface area contributed by atoms with Crippen LogP contribution in [-0.4, -0.2) is 16.7 Å². The highest BCUT2D eigenvalue weighted by molar-refractivity contribution is 6.31. The number of benzene rings is 2. The minimum Gasteiger partial charge on any atom is -0.490 e.